The fourth-order valence-corrected chi connectivity index (χ4v) is 2.88. The molecule has 1 rings (SSSR count). The van der Waals surface area contributed by atoms with Gasteiger partial charge in [0.15, 0.2) is 0 Å². The quantitative estimate of drug-likeness (QED) is 0.646. The van der Waals surface area contributed by atoms with Crippen molar-refractivity contribution in [1.29, 1.82) is 0 Å². The van der Waals surface area contributed by atoms with E-state index in [0.717, 1.165) is 4.47 Å². The normalized spacial score (nSPS) is 12.5. The molecule has 1 aromatic heterocycles. The van der Waals surface area contributed by atoms with Crippen LogP contribution in [0.3, 0.4) is 0 Å². The van der Waals surface area contributed by atoms with E-state index in [2.05, 4.69) is 34.8 Å². The SMILES string of the molecule is C#CC(C)c1sc(C)cc1Br. The fraction of sp³-hybridized carbons (Fsp3) is 0.333. The number of terminal acetylenes is 1. The summed E-state index contributed by atoms with van der Waals surface area (Å²) in [6.45, 7) is 4.12. The maximum atomic E-state index is 5.32. The Kier molecular flexibility index (Phi) is 2.75. The molecule has 1 unspecified atom stereocenters. The van der Waals surface area contributed by atoms with Gasteiger partial charge in [0.05, 0.1) is 5.92 Å². The lowest BCUT2D eigenvalue weighted by Crippen LogP contribution is -1.83. The van der Waals surface area contributed by atoms with E-state index in [0.29, 0.717) is 0 Å². The highest BCUT2D eigenvalue weighted by Gasteiger charge is 2.09. The van der Waals surface area contributed by atoms with Crippen molar-refractivity contribution in [2.24, 2.45) is 0 Å². The Morgan fingerprint density at radius 3 is 2.73 bits per heavy atom. The monoisotopic (exact) mass is 228 g/mol. The zero-order chi connectivity index (χ0) is 8.43. The standard InChI is InChI=1S/C9H9BrS/c1-4-6(2)9-8(10)5-7(3)11-9/h1,5-6H,2-3H3. The van der Waals surface area contributed by atoms with E-state index in [4.69, 9.17) is 6.42 Å². The molecule has 58 valence electrons. The van der Waals surface area contributed by atoms with Crippen molar-refractivity contribution in [3.63, 3.8) is 0 Å². The summed E-state index contributed by atoms with van der Waals surface area (Å²) < 4.78 is 1.14. The van der Waals surface area contributed by atoms with Crippen molar-refractivity contribution < 1.29 is 0 Å². The number of hydrogen-bond donors (Lipinski definition) is 0. The summed E-state index contributed by atoms with van der Waals surface area (Å²) in [7, 11) is 0. The van der Waals surface area contributed by atoms with Gasteiger partial charge < -0.3 is 0 Å². The Hall–Kier alpha value is -0.260. The van der Waals surface area contributed by atoms with Crippen LogP contribution in [0.1, 0.15) is 22.6 Å². The van der Waals surface area contributed by atoms with E-state index in [-0.39, 0.29) is 5.92 Å². The molecule has 0 radical (unpaired) electrons. The van der Waals surface area contributed by atoms with E-state index in [9.17, 15) is 0 Å². The molecule has 0 aliphatic carbocycles. The van der Waals surface area contributed by atoms with E-state index < -0.39 is 0 Å². The van der Waals surface area contributed by atoms with E-state index in [1.807, 2.05) is 6.92 Å². The van der Waals surface area contributed by atoms with Gasteiger partial charge in [-0.3, -0.25) is 0 Å². The smallest absolute Gasteiger partial charge is 0.0526 e. The maximum Gasteiger partial charge on any atom is 0.0526 e. The van der Waals surface area contributed by atoms with Crippen LogP contribution in [0.25, 0.3) is 0 Å². The maximum absolute atomic E-state index is 5.32. The van der Waals surface area contributed by atoms with Crippen molar-refractivity contribution in [3.05, 3.63) is 20.3 Å². The summed E-state index contributed by atoms with van der Waals surface area (Å²) in [6.07, 6.45) is 5.32. The van der Waals surface area contributed by atoms with Gasteiger partial charge in [-0.1, -0.05) is 5.92 Å². The zero-order valence-corrected chi connectivity index (χ0v) is 8.92. The molecule has 11 heavy (non-hydrogen) atoms. The Morgan fingerprint density at radius 2 is 2.36 bits per heavy atom. The molecule has 0 fully saturated rings. The highest BCUT2D eigenvalue weighted by atomic mass is 79.9. The summed E-state index contributed by atoms with van der Waals surface area (Å²) in [6, 6.07) is 2.10. The Morgan fingerprint density at radius 1 is 1.73 bits per heavy atom. The molecule has 1 atom stereocenters. The van der Waals surface area contributed by atoms with Crippen LogP contribution in [0, 0.1) is 19.3 Å². The van der Waals surface area contributed by atoms with Gasteiger partial charge in [0, 0.05) is 14.2 Å². The first-order chi connectivity index (χ1) is 5.15. The molecule has 0 amide bonds. The Balaban J connectivity index is 3.05. The van der Waals surface area contributed by atoms with Gasteiger partial charge in [-0.25, -0.2) is 0 Å². The van der Waals surface area contributed by atoms with Crippen molar-refractivity contribution in [1.82, 2.24) is 0 Å². The second-order valence-corrected chi connectivity index (χ2v) is 4.60. The fourth-order valence-electron chi connectivity index (χ4n) is 0.872. The predicted octanol–water partition coefficient (Wildman–Crippen LogP) is 3.56. The van der Waals surface area contributed by atoms with Gasteiger partial charge in [0.1, 0.15) is 0 Å². The first-order valence-corrected chi connectivity index (χ1v) is 4.98. The first-order valence-electron chi connectivity index (χ1n) is 3.37. The summed E-state index contributed by atoms with van der Waals surface area (Å²) in [5.74, 6) is 2.94. The van der Waals surface area contributed by atoms with E-state index in [1.54, 1.807) is 11.3 Å². The minimum absolute atomic E-state index is 0.225. The molecule has 1 aromatic rings. The molecule has 0 N–H and O–H groups in total. The number of rotatable bonds is 1. The van der Waals surface area contributed by atoms with Crippen LogP contribution in [0.4, 0.5) is 0 Å². The van der Waals surface area contributed by atoms with Crippen LogP contribution in [-0.4, -0.2) is 0 Å². The van der Waals surface area contributed by atoms with Gasteiger partial charge >= 0.3 is 0 Å². The lowest BCUT2D eigenvalue weighted by molar-refractivity contribution is 1.03. The topological polar surface area (TPSA) is 0 Å². The summed E-state index contributed by atoms with van der Waals surface area (Å²) in [5, 5.41) is 0. The van der Waals surface area contributed by atoms with Crippen LogP contribution in [-0.2, 0) is 0 Å². The molecule has 0 aliphatic rings. The van der Waals surface area contributed by atoms with Gasteiger partial charge in [-0.05, 0) is 35.8 Å². The van der Waals surface area contributed by atoms with Crippen molar-refractivity contribution in [3.8, 4) is 12.3 Å². The largest absolute Gasteiger partial charge is 0.143 e. The lowest BCUT2D eigenvalue weighted by Gasteiger charge is -1.99. The molecule has 1 heterocycles. The van der Waals surface area contributed by atoms with Gasteiger partial charge in [-0.2, -0.15) is 0 Å². The van der Waals surface area contributed by atoms with Gasteiger partial charge in [0.25, 0.3) is 0 Å². The average molecular weight is 229 g/mol. The second kappa shape index (κ2) is 3.42. The number of thiophene rings is 1. The number of halogens is 1. The molecule has 2 heteroatoms. The molecule has 0 bridgehead atoms. The van der Waals surface area contributed by atoms with Crippen LogP contribution in [0.5, 0.6) is 0 Å². The molecule has 0 aromatic carbocycles. The molecule has 0 nitrogen and oxygen atoms in total. The third kappa shape index (κ3) is 1.85. The second-order valence-electron chi connectivity index (χ2n) is 2.46. The molecular formula is C9H9BrS. The predicted molar refractivity (Wildman–Crippen MR) is 54.0 cm³/mol. The summed E-state index contributed by atoms with van der Waals surface area (Å²) in [5.41, 5.74) is 0. The zero-order valence-electron chi connectivity index (χ0n) is 6.52. The van der Waals surface area contributed by atoms with Crippen LogP contribution in [0.2, 0.25) is 0 Å². The highest BCUT2D eigenvalue weighted by molar-refractivity contribution is 9.10. The first kappa shape index (κ1) is 8.83. The molecular weight excluding hydrogens is 220 g/mol. The Labute approximate surface area is 79.8 Å². The minimum atomic E-state index is 0.225. The number of hydrogen-bond acceptors (Lipinski definition) is 1. The average Bonchev–Trinajstić information content (AvgIpc) is 2.28. The molecule has 0 saturated carbocycles. The minimum Gasteiger partial charge on any atom is -0.143 e. The number of aryl methyl sites for hydroxylation is 1. The van der Waals surface area contributed by atoms with Crippen LogP contribution >= 0.6 is 27.3 Å². The van der Waals surface area contributed by atoms with Crippen molar-refractivity contribution in [2.45, 2.75) is 19.8 Å². The third-order valence-electron chi connectivity index (χ3n) is 1.48. The summed E-state index contributed by atoms with van der Waals surface area (Å²) >= 11 is 5.23. The Bertz CT molecular complexity index is 293. The third-order valence-corrected chi connectivity index (χ3v) is 3.63. The molecule has 0 spiro atoms. The van der Waals surface area contributed by atoms with E-state index in [1.165, 1.54) is 9.75 Å². The van der Waals surface area contributed by atoms with Gasteiger partial charge in [0.2, 0.25) is 0 Å². The molecule has 0 saturated heterocycles. The van der Waals surface area contributed by atoms with Crippen LogP contribution in [0.15, 0.2) is 10.5 Å². The lowest BCUT2D eigenvalue weighted by atomic mass is 10.1. The molecule has 0 aliphatic heterocycles. The summed E-state index contributed by atoms with van der Waals surface area (Å²) in [4.78, 5) is 2.55. The van der Waals surface area contributed by atoms with E-state index >= 15 is 0 Å². The highest BCUT2D eigenvalue weighted by Crippen LogP contribution is 2.32. The van der Waals surface area contributed by atoms with Crippen molar-refractivity contribution >= 4 is 27.3 Å². The van der Waals surface area contributed by atoms with Crippen molar-refractivity contribution in [2.75, 3.05) is 0 Å². The van der Waals surface area contributed by atoms with Gasteiger partial charge in [-0.15, -0.1) is 17.8 Å². The van der Waals surface area contributed by atoms with Crippen LogP contribution < -0.4 is 0 Å².